The molecule has 0 radical (unpaired) electrons. The third-order valence-electron chi connectivity index (χ3n) is 3.09. The van der Waals surface area contributed by atoms with Gasteiger partial charge in [0, 0.05) is 39.9 Å². The van der Waals surface area contributed by atoms with E-state index in [2.05, 4.69) is 15.6 Å². The molecule has 1 aromatic carbocycles. The predicted octanol–water partition coefficient (Wildman–Crippen LogP) is 3.74. The maximum Gasteiger partial charge on any atom is 0.191 e. The highest BCUT2D eigenvalue weighted by atomic mass is 35.5. The fraction of sp³-hybridized carbons (Fsp3) is 0.562. The van der Waals surface area contributed by atoms with Crippen molar-refractivity contribution in [2.75, 3.05) is 32.5 Å². The molecule has 0 saturated carbocycles. The van der Waals surface area contributed by atoms with E-state index in [1.54, 1.807) is 19.2 Å². The molecule has 0 spiro atoms. The predicted molar refractivity (Wildman–Crippen MR) is 109 cm³/mol. The van der Waals surface area contributed by atoms with Crippen molar-refractivity contribution in [3.8, 4) is 5.75 Å². The minimum Gasteiger partial charge on any atom is -0.489 e. The molecular weight excluding hydrogens is 405 g/mol. The van der Waals surface area contributed by atoms with E-state index >= 15 is 0 Å². The Labute approximate surface area is 166 Å². The molecule has 1 unspecified atom stereocenters. The average molecular weight is 429 g/mol. The van der Waals surface area contributed by atoms with Crippen LogP contribution in [0.25, 0.3) is 0 Å². The van der Waals surface area contributed by atoms with Crippen LogP contribution < -0.4 is 15.4 Å². The standard InChI is InChI=1S/C16H24Cl3N3O2S/c1-16(2,3)25(23)8-6-22-15(20-4)21-5-7-24-14-12(18)9-11(17)10-13(14)19/h9-10H,5-8H2,1-4H3,(H2,20,21,22). The number of nitrogens with one attached hydrogen (secondary N) is 2. The maximum atomic E-state index is 12.0. The number of nitrogens with zero attached hydrogens (tertiary/aromatic N) is 1. The highest BCUT2D eigenvalue weighted by Gasteiger charge is 2.18. The summed E-state index contributed by atoms with van der Waals surface area (Å²) < 4.78 is 17.4. The Balaban J connectivity index is 2.36. The van der Waals surface area contributed by atoms with Crippen molar-refractivity contribution >= 4 is 51.6 Å². The number of rotatable bonds is 7. The molecule has 1 rings (SSSR count). The number of hydrogen-bond donors (Lipinski definition) is 2. The van der Waals surface area contributed by atoms with Crippen LogP contribution in [0.1, 0.15) is 20.8 Å². The molecule has 0 saturated heterocycles. The van der Waals surface area contributed by atoms with Crippen LogP contribution in [0.5, 0.6) is 5.75 Å². The molecule has 9 heteroatoms. The molecule has 0 aliphatic rings. The molecule has 142 valence electrons. The minimum atomic E-state index is -0.905. The van der Waals surface area contributed by atoms with Gasteiger partial charge in [-0.15, -0.1) is 0 Å². The van der Waals surface area contributed by atoms with Crippen LogP contribution in [0.4, 0.5) is 0 Å². The Morgan fingerprint density at radius 3 is 2.24 bits per heavy atom. The highest BCUT2D eigenvalue weighted by Crippen LogP contribution is 2.35. The summed E-state index contributed by atoms with van der Waals surface area (Å²) in [4.78, 5) is 4.11. The van der Waals surface area contributed by atoms with Crippen LogP contribution in [0, 0.1) is 0 Å². The molecule has 0 fully saturated rings. The Bertz CT molecular complexity index is 611. The number of benzene rings is 1. The largest absolute Gasteiger partial charge is 0.489 e. The van der Waals surface area contributed by atoms with Crippen LogP contribution in [0.2, 0.25) is 15.1 Å². The number of halogens is 3. The van der Waals surface area contributed by atoms with Gasteiger partial charge in [-0.1, -0.05) is 34.8 Å². The summed E-state index contributed by atoms with van der Waals surface area (Å²) in [5.41, 5.74) is 0. The van der Waals surface area contributed by atoms with Crippen LogP contribution in [0.15, 0.2) is 17.1 Å². The number of hydrogen-bond acceptors (Lipinski definition) is 3. The average Bonchev–Trinajstić information content (AvgIpc) is 2.50. The third-order valence-corrected chi connectivity index (χ3v) is 5.81. The van der Waals surface area contributed by atoms with Crippen molar-refractivity contribution in [3.05, 3.63) is 27.2 Å². The summed E-state index contributed by atoms with van der Waals surface area (Å²) in [6, 6.07) is 3.15. The van der Waals surface area contributed by atoms with Gasteiger partial charge in [0.25, 0.3) is 0 Å². The molecule has 0 aromatic heterocycles. The number of aliphatic imine (C=N–C) groups is 1. The van der Waals surface area contributed by atoms with Crippen molar-refractivity contribution < 1.29 is 8.95 Å². The summed E-state index contributed by atoms with van der Waals surface area (Å²) in [6.07, 6.45) is 0. The molecule has 0 aliphatic carbocycles. The highest BCUT2D eigenvalue weighted by molar-refractivity contribution is 7.86. The Morgan fingerprint density at radius 2 is 1.72 bits per heavy atom. The van der Waals surface area contributed by atoms with E-state index in [0.29, 0.717) is 52.2 Å². The molecule has 5 nitrogen and oxygen atoms in total. The van der Waals surface area contributed by atoms with E-state index in [-0.39, 0.29) is 4.75 Å². The van der Waals surface area contributed by atoms with Crippen LogP contribution in [0.3, 0.4) is 0 Å². The molecule has 25 heavy (non-hydrogen) atoms. The zero-order chi connectivity index (χ0) is 19.0. The van der Waals surface area contributed by atoms with Gasteiger partial charge in [-0.2, -0.15) is 0 Å². The molecule has 2 N–H and O–H groups in total. The van der Waals surface area contributed by atoms with Gasteiger partial charge in [-0.3, -0.25) is 9.20 Å². The zero-order valence-corrected chi connectivity index (χ0v) is 17.9. The van der Waals surface area contributed by atoms with Gasteiger partial charge in [-0.25, -0.2) is 0 Å². The van der Waals surface area contributed by atoms with Crippen molar-refractivity contribution in [3.63, 3.8) is 0 Å². The summed E-state index contributed by atoms with van der Waals surface area (Å²) in [5.74, 6) is 1.57. The molecule has 1 atom stereocenters. The lowest BCUT2D eigenvalue weighted by molar-refractivity contribution is 0.322. The van der Waals surface area contributed by atoms with E-state index in [1.165, 1.54) is 0 Å². The van der Waals surface area contributed by atoms with E-state index in [1.807, 2.05) is 20.8 Å². The van der Waals surface area contributed by atoms with Crippen LogP contribution in [-0.4, -0.2) is 47.4 Å². The molecular formula is C16H24Cl3N3O2S. The maximum absolute atomic E-state index is 12.0. The second kappa shape index (κ2) is 10.5. The van der Waals surface area contributed by atoms with Crippen molar-refractivity contribution in [1.29, 1.82) is 0 Å². The minimum absolute atomic E-state index is 0.219. The first-order valence-corrected chi connectivity index (χ1v) is 10.2. The summed E-state index contributed by atoms with van der Waals surface area (Å²) in [6.45, 7) is 7.29. The summed E-state index contributed by atoms with van der Waals surface area (Å²) in [7, 11) is 0.765. The first kappa shape index (κ1) is 22.4. The first-order valence-electron chi connectivity index (χ1n) is 7.75. The lowest BCUT2D eigenvalue weighted by Crippen LogP contribution is -2.41. The van der Waals surface area contributed by atoms with Crippen molar-refractivity contribution in [2.45, 2.75) is 25.5 Å². The summed E-state index contributed by atoms with van der Waals surface area (Å²) >= 11 is 18.0. The van der Waals surface area contributed by atoms with Crippen molar-refractivity contribution in [1.82, 2.24) is 10.6 Å². The first-order chi connectivity index (χ1) is 11.6. The second-order valence-corrected chi connectivity index (χ2v) is 9.71. The third kappa shape index (κ3) is 8.03. The normalized spacial score (nSPS) is 13.5. The van der Waals surface area contributed by atoms with E-state index in [0.717, 1.165) is 0 Å². The monoisotopic (exact) mass is 427 g/mol. The number of guanidine groups is 1. The Morgan fingerprint density at radius 1 is 1.16 bits per heavy atom. The Hall–Kier alpha value is -0.690. The Kier molecular flexibility index (Phi) is 9.35. The fourth-order valence-corrected chi connectivity index (χ4v) is 3.60. The molecule has 0 aliphatic heterocycles. The molecule has 1 aromatic rings. The van der Waals surface area contributed by atoms with Gasteiger partial charge in [0.2, 0.25) is 0 Å². The smallest absolute Gasteiger partial charge is 0.191 e. The van der Waals surface area contributed by atoms with Gasteiger partial charge in [0.05, 0.1) is 16.6 Å². The van der Waals surface area contributed by atoms with Crippen LogP contribution in [-0.2, 0) is 10.8 Å². The second-order valence-electron chi connectivity index (χ2n) is 6.13. The van der Waals surface area contributed by atoms with Gasteiger partial charge in [0.15, 0.2) is 11.7 Å². The lowest BCUT2D eigenvalue weighted by Gasteiger charge is -2.18. The van der Waals surface area contributed by atoms with Crippen LogP contribution >= 0.6 is 34.8 Å². The quantitative estimate of drug-likeness (QED) is 0.394. The molecule has 0 heterocycles. The SMILES string of the molecule is CN=C(NCCOc1c(Cl)cc(Cl)cc1Cl)NCCS(=O)C(C)(C)C. The molecule has 0 bridgehead atoms. The van der Waals surface area contributed by atoms with E-state index < -0.39 is 10.8 Å². The fourth-order valence-electron chi connectivity index (χ4n) is 1.78. The van der Waals surface area contributed by atoms with Gasteiger partial charge < -0.3 is 15.4 Å². The summed E-state index contributed by atoms with van der Waals surface area (Å²) in [5, 5.41) is 7.41. The van der Waals surface area contributed by atoms with Gasteiger partial charge in [0.1, 0.15) is 6.61 Å². The lowest BCUT2D eigenvalue weighted by atomic mass is 10.3. The zero-order valence-electron chi connectivity index (χ0n) is 14.8. The van der Waals surface area contributed by atoms with Gasteiger partial charge in [-0.05, 0) is 32.9 Å². The van der Waals surface area contributed by atoms with E-state index in [4.69, 9.17) is 39.5 Å². The number of ether oxygens (including phenoxy) is 1. The van der Waals surface area contributed by atoms with Crippen molar-refractivity contribution in [2.24, 2.45) is 4.99 Å². The van der Waals surface area contributed by atoms with E-state index in [9.17, 15) is 4.21 Å². The molecule has 0 amide bonds. The topological polar surface area (TPSA) is 62.7 Å². The van der Waals surface area contributed by atoms with Gasteiger partial charge >= 0.3 is 0 Å².